The normalized spacial score (nSPS) is 11.5. The number of aromatic nitrogens is 2. The van der Waals surface area contributed by atoms with Crippen LogP contribution in [-0.2, 0) is 9.84 Å². The van der Waals surface area contributed by atoms with Gasteiger partial charge in [-0.15, -0.1) is 0 Å². The van der Waals surface area contributed by atoms with Crippen molar-refractivity contribution in [2.45, 2.75) is 11.8 Å². The molecule has 0 aliphatic heterocycles. The first-order valence-electron chi connectivity index (χ1n) is 9.24. The number of anilines is 1. The van der Waals surface area contributed by atoms with E-state index < -0.39 is 15.7 Å². The van der Waals surface area contributed by atoms with Gasteiger partial charge in [0, 0.05) is 23.0 Å². The molecule has 1 N–H and O–H groups in total. The molecule has 0 atom stereocenters. The topological polar surface area (TPSA) is 94.2 Å². The third-order valence-corrected chi connectivity index (χ3v) is 6.00. The third-order valence-electron chi connectivity index (χ3n) is 4.65. The number of halogens is 1. The molecule has 0 aliphatic rings. The molecule has 2 aromatic carbocycles. The number of hydrogen-bond donors (Lipinski definition) is 1. The lowest BCUT2D eigenvalue weighted by atomic mass is 10.2. The van der Waals surface area contributed by atoms with Crippen molar-refractivity contribution in [2.75, 3.05) is 11.6 Å². The van der Waals surface area contributed by atoms with Crippen LogP contribution in [0.1, 0.15) is 16.1 Å². The van der Waals surface area contributed by atoms with Crippen LogP contribution in [0.15, 0.2) is 76.2 Å². The maximum Gasteiger partial charge on any atom is 0.276 e. The lowest BCUT2D eigenvalue weighted by Gasteiger charge is -2.09. The molecule has 0 aliphatic carbocycles. The average Bonchev–Trinajstić information content (AvgIpc) is 3.38. The van der Waals surface area contributed by atoms with Crippen molar-refractivity contribution in [1.82, 2.24) is 9.78 Å². The van der Waals surface area contributed by atoms with E-state index in [0.717, 1.165) is 11.8 Å². The molecule has 0 spiro atoms. The van der Waals surface area contributed by atoms with Crippen molar-refractivity contribution >= 4 is 33.0 Å². The molecule has 7 nitrogen and oxygen atoms in total. The van der Waals surface area contributed by atoms with Crippen molar-refractivity contribution < 1.29 is 17.6 Å². The molecular formula is C22H18ClN3O4S. The number of nitrogens with zero attached hydrogens (tertiary/aromatic N) is 2. The summed E-state index contributed by atoms with van der Waals surface area (Å²) in [5.41, 5.74) is 2.48. The van der Waals surface area contributed by atoms with Gasteiger partial charge in [0.05, 0.1) is 16.8 Å². The van der Waals surface area contributed by atoms with E-state index in [9.17, 15) is 13.2 Å². The highest BCUT2D eigenvalue weighted by molar-refractivity contribution is 7.90. The average molecular weight is 456 g/mol. The zero-order valence-electron chi connectivity index (χ0n) is 16.7. The fourth-order valence-corrected chi connectivity index (χ4v) is 3.88. The SMILES string of the molecule is Cc1ccc(S(C)(=O)=O)cc1NC(=O)c1cc(-c2ccco2)n(-c2cccc(Cl)c2)n1. The fraction of sp³-hybridized carbons (Fsp3) is 0.0909. The number of hydrogen-bond acceptors (Lipinski definition) is 5. The largest absolute Gasteiger partial charge is 0.463 e. The van der Waals surface area contributed by atoms with Gasteiger partial charge in [0.2, 0.25) is 0 Å². The van der Waals surface area contributed by atoms with Crippen molar-refractivity contribution in [1.29, 1.82) is 0 Å². The maximum atomic E-state index is 13.0. The number of aryl methyl sites for hydroxylation is 1. The molecule has 4 aromatic rings. The number of amides is 1. The molecule has 0 fully saturated rings. The minimum atomic E-state index is -3.41. The molecule has 2 heterocycles. The first-order chi connectivity index (χ1) is 14.7. The van der Waals surface area contributed by atoms with E-state index in [-0.39, 0.29) is 10.6 Å². The summed E-state index contributed by atoms with van der Waals surface area (Å²) in [5, 5.41) is 7.72. The molecule has 1 amide bonds. The van der Waals surface area contributed by atoms with E-state index in [1.165, 1.54) is 18.4 Å². The molecule has 0 bridgehead atoms. The predicted octanol–water partition coefficient (Wildman–Crippen LogP) is 4.75. The van der Waals surface area contributed by atoms with Gasteiger partial charge in [0.1, 0.15) is 5.69 Å². The summed E-state index contributed by atoms with van der Waals surface area (Å²) in [6, 6.07) is 16.7. The molecule has 158 valence electrons. The summed E-state index contributed by atoms with van der Waals surface area (Å²) in [6.07, 6.45) is 2.65. The highest BCUT2D eigenvalue weighted by atomic mass is 35.5. The standard InChI is InChI=1S/C22H18ClN3O4S/c1-14-8-9-17(31(2,28)29)12-18(14)24-22(27)19-13-20(21-7-4-10-30-21)26(25-19)16-6-3-5-15(23)11-16/h3-13H,1-2H3,(H,24,27). The number of carbonyl (C=O) groups is 1. The summed E-state index contributed by atoms with van der Waals surface area (Å²) in [5.74, 6) is 0.0455. The first kappa shape index (κ1) is 20.9. The van der Waals surface area contributed by atoms with Gasteiger partial charge in [-0.05, 0) is 55.0 Å². The van der Waals surface area contributed by atoms with Gasteiger partial charge < -0.3 is 9.73 Å². The van der Waals surface area contributed by atoms with Gasteiger partial charge in [-0.25, -0.2) is 13.1 Å². The molecule has 0 unspecified atom stereocenters. The van der Waals surface area contributed by atoms with Gasteiger partial charge in [0.15, 0.2) is 21.3 Å². The van der Waals surface area contributed by atoms with E-state index in [1.54, 1.807) is 54.1 Å². The smallest absolute Gasteiger partial charge is 0.276 e. The van der Waals surface area contributed by atoms with Crippen LogP contribution in [0.2, 0.25) is 5.02 Å². The van der Waals surface area contributed by atoms with E-state index in [1.807, 2.05) is 6.07 Å². The fourth-order valence-electron chi connectivity index (χ4n) is 3.05. The second-order valence-corrected chi connectivity index (χ2v) is 9.44. The van der Waals surface area contributed by atoms with Gasteiger partial charge in [-0.1, -0.05) is 23.7 Å². The van der Waals surface area contributed by atoms with Gasteiger partial charge >= 0.3 is 0 Å². The van der Waals surface area contributed by atoms with Gasteiger partial charge in [0.25, 0.3) is 5.91 Å². The minimum Gasteiger partial charge on any atom is -0.463 e. The molecular weight excluding hydrogens is 438 g/mol. The molecule has 0 saturated heterocycles. The zero-order valence-corrected chi connectivity index (χ0v) is 18.2. The number of benzene rings is 2. The Morgan fingerprint density at radius 2 is 1.90 bits per heavy atom. The Hall–Kier alpha value is -3.36. The highest BCUT2D eigenvalue weighted by Gasteiger charge is 2.20. The number of furan rings is 1. The Labute approximate surface area is 184 Å². The minimum absolute atomic E-state index is 0.120. The van der Waals surface area contributed by atoms with Gasteiger partial charge in [-0.2, -0.15) is 5.10 Å². The van der Waals surface area contributed by atoms with E-state index in [4.69, 9.17) is 16.0 Å². The Balaban J connectivity index is 1.74. The van der Waals surface area contributed by atoms with E-state index >= 15 is 0 Å². The van der Waals surface area contributed by atoms with Crippen LogP contribution in [0.3, 0.4) is 0 Å². The van der Waals surface area contributed by atoms with Crippen LogP contribution < -0.4 is 5.32 Å². The Bertz CT molecular complexity index is 1380. The second-order valence-electron chi connectivity index (χ2n) is 6.99. The molecule has 9 heteroatoms. The third kappa shape index (κ3) is 4.40. The Morgan fingerprint density at radius 3 is 2.58 bits per heavy atom. The van der Waals surface area contributed by atoms with E-state index in [0.29, 0.717) is 27.9 Å². The lowest BCUT2D eigenvalue weighted by molar-refractivity contribution is 0.102. The quantitative estimate of drug-likeness (QED) is 0.468. The highest BCUT2D eigenvalue weighted by Crippen LogP contribution is 2.27. The van der Waals surface area contributed by atoms with Crippen LogP contribution in [0.4, 0.5) is 5.69 Å². The zero-order chi connectivity index (χ0) is 22.2. The monoisotopic (exact) mass is 455 g/mol. The van der Waals surface area contributed by atoms with Crippen LogP contribution in [-0.4, -0.2) is 30.4 Å². The summed E-state index contributed by atoms with van der Waals surface area (Å²) >= 11 is 6.12. The van der Waals surface area contributed by atoms with Crippen LogP contribution >= 0.6 is 11.6 Å². The number of rotatable bonds is 5. The van der Waals surface area contributed by atoms with Crippen molar-refractivity contribution in [3.63, 3.8) is 0 Å². The summed E-state index contributed by atoms with van der Waals surface area (Å²) in [4.78, 5) is 13.1. The molecule has 0 radical (unpaired) electrons. The summed E-state index contributed by atoms with van der Waals surface area (Å²) in [7, 11) is -3.41. The number of nitrogens with one attached hydrogen (secondary N) is 1. The van der Waals surface area contributed by atoms with Gasteiger partial charge in [-0.3, -0.25) is 4.79 Å². The summed E-state index contributed by atoms with van der Waals surface area (Å²) < 4.78 is 30.8. The lowest BCUT2D eigenvalue weighted by Crippen LogP contribution is -2.14. The number of carbonyl (C=O) groups excluding carboxylic acids is 1. The summed E-state index contributed by atoms with van der Waals surface area (Å²) in [6.45, 7) is 1.78. The van der Waals surface area contributed by atoms with Crippen LogP contribution in [0.5, 0.6) is 0 Å². The molecule has 2 aromatic heterocycles. The maximum absolute atomic E-state index is 13.0. The van der Waals surface area contributed by atoms with Crippen molar-refractivity contribution in [3.8, 4) is 17.1 Å². The molecule has 0 saturated carbocycles. The second kappa shape index (κ2) is 8.05. The Kier molecular flexibility index (Phi) is 5.43. The number of sulfone groups is 1. The molecule has 31 heavy (non-hydrogen) atoms. The van der Waals surface area contributed by atoms with E-state index in [2.05, 4.69) is 10.4 Å². The Morgan fingerprint density at radius 1 is 1.10 bits per heavy atom. The molecule has 4 rings (SSSR count). The first-order valence-corrected chi connectivity index (χ1v) is 11.5. The van der Waals surface area contributed by atoms with Crippen molar-refractivity contribution in [2.24, 2.45) is 0 Å². The van der Waals surface area contributed by atoms with Crippen molar-refractivity contribution in [3.05, 3.63) is 83.2 Å². The van der Waals surface area contributed by atoms with Crippen LogP contribution in [0.25, 0.3) is 17.1 Å². The predicted molar refractivity (Wildman–Crippen MR) is 119 cm³/mol. The van der Waals surface area contributed by atoms with Crippen LogP contribution in [0, 0.1) is 6.92 Å².